The molecule has 3 aliphatic rings. The number of methoxy groups -OCH3 is 1. The zero-order chi connectivity index (χ0) is 27.1. The minimum absolute atomic E-state index is 0.0140. The molecule has 3 heterocycles. The lowest BCUT2D eigenvalue weighted by Crippen LogP contribution is -2.34. The highest BCUT2D eigenvalue weighted by atomic mass is 32.2. The molecule has 1 aliphatic carbocycles. The summed E-state index contributed by atoms with van der Waals surface area (Å²) in [5.41, 5.74) is 3.92. The Balaban J connectivity index is 1.15. The molecule has 39 heavy (non-hydrogen) atoms. The molecule has 2 aliphatic heterocycles. The maximum absolute atomic E-state index is 13.1. The normalized spacial score (nSPS) is 26.1. The van der Waals surface area contributed by atoms with Crippen molar-refractivity contribution in [3.63, 3.8) is 0 Å². The average molecular weight is 549 g/mol. The van der Waals surface area contributed by atoms with Crippen LogP contribution in [0.15, 0.2) is 47.5 Å². The largest absolute Gasteiger partial charge is 0.480 e. The number of aromatic nitrogens is 2. The molecule has 0 bridgehead atoms. The maximum atomic E-state index is 13.1. The van der Waals surface area contributed by atoms with Crippen molar-refractivity contribution in [1.82, 2.24) is 9.97 Å². The first-order valence-electron chi connectivity index (χ1n) is 13.3. The molecular weight excluding hydrogens is 516 g/mol. The molecule has 10 heteroatoms. The number of rotatable bonds is 5. The predicted octanol–water partition coefficient (Wildman–Crippen LogP) is 5.32. The molecule has 1 aromatic heterocycles. The minimum Gasteiger partial charge on any atom is -0.480 e. The van der Waals surface area contributed by atoms with E-state index in [9.17, 15) is 9.59 Å². The van der Waals surface area contributed by atoms with Crippen LogP contribution >= 0.6 is 11.8 Å². The Morgan fingerprint density at radius 2 is 1.97 bits per heavy atom. The van der Waals surface area contributed by atoms with Crippen molar-refractivity contribution in [2.75, 3.05) is 23.5 Å². The van der Waals surface area contributed by atoms with Crippen molar-refractivity contribution in [3.05, 3.63) is 48.2 Å². The number of amides is 2. The van der Waals surface area contributed by atoms with E-state index in [4.69, 9.17) is 14.2 Å². The summed E-state index contributed by atoms with van der Waals surface area (Å²) < 4.78 is 18.3. The molecule has 1 saturated carbocycles. The van der Waals surface area contributed by atoms with Crippen LogP contribution in [0.4, 0.5) is 11.4 Å². The van der Waals surface area contributed by atoms with Crippen molar-refractivity contribution in [3.8, 4) is 5.88 Å². The third-order valence-corrected chi connectivity index (χ3v) is 8.79. The van der Waals surface area contributed by atoms with Gasteiger partial charge in [0.15, 0.2) is 5.79 Å². The highest BCUT2D eigenvalue weighted by Crippen LogP contribution is 2.47. The van der Waals surface area contributed by atoms with Crippen LogP contribution < -0.4 is 15.4 Å². The summed E-state index contributed by atoms with van der Waals surface area (Å²) in [4.78, 5) is 35.1. The average Bonchev–Trinajstić information content (AvgIpc) is 3.27. The molecule has 1 unspecified atom stereocenters. The Bertz CT molecular complexity index is 1420. The van der Waals surface area contributed by atoms with Crippen LogP contribution in [0.2, 0.25) is 0 Å². The molecule has 1 saturated heterocycles. The summed E-state index contributed by atoms with van der Waals surface area (Å²) in [5, 5.41) is 5.94. The fraction of sp³-hybridized carbons (Fsp3) is 0.448. The van der Waals surface area contributed by atoms with E-state index in [0.717, 1.165) is 52.9 Å². The van der Waals surface area contributed by atoms with Crippen molar-refractivity contribution in [1.29, 1.82) is 0 Å². The highest BCUT2D eigenvalue weighted by Gasteiger charge is 2.47. The van der Waals surface area contributed by atoms with Crippen LogP contribution in [0.1, 0.15) is 51.2 Å². The van der Waals surface area contributed by atoms with Crippen molar-refractivity contribution < 1.29 is 23.8 Å². The van der Waals surface area contributed by atoms with Crippen LogP contribution in [-0.2, 0) is 19.1 Å². The van der Waals surface area contributed by atoms with E-state index in [1.807, 2.05) is 50.2 Å². The second-order valence-electron chi connectivity index (χ2n) is 10.8. The molecule has 2 aromatic carbocycles. The summed E-state index contributed by atoms with van der Waals surface area (Å²) in [6.07, 6.45) is 4.40. The summed E-state index contributed by atoms with van der Waals surface area (Å²) in [5.74, 6) is 0.281. The fourth-order valence-corrected chi connectivity index (χ4v) is 6.64. The van der Waals surface area contributed by atoms with E-state index in [1.54, 1.807) is 13.3 Å². The Labute approximate surface area is 231 Å². The number of para-hydroxylation sites is 1. The zero-order valence-electron chi connectivity index (χ0n) is 22.2. The maximum Gasteiger partial charge on any atom is 0.234 e. The van der Waals surface area contributed by atoms with Gasteiger partial charge < -0.3 is 24.8 Å². The van der Waals surface area contributed by atoms with Gasteiger partial charge in [-0.25, -0.2) is 9.97 Å². The molecule has 6 rings (SSSR count). The molecule has 2 N–H and O–H groups in total. The summed E-state index contributed by atoms with van der Waals surface area (Å²) >= 11 is 1.50. The van der Waals surface area contributed by atoms with Gasteiger partial charge in [-0.15, -0.1) is 11.8 Å². The number of benzene rings is 2. The molecule has 2 fully saturated rings. The van der Waals surface area contributed by atoms with E-state index in [-0.39, 0.29) is 35.9 Å². The second-order valence-corrected chi connectivity index (χ2v) is 11.8. The van der Waals surface area contributed by atoms with E-state index < -0.39 is 5.79 Å². The van der Waals surface area contributed by atoms with Crippen molar-refractivity contribution in [2.45, 2.75) is 62.4 Å². The standard InChI is InChI=1S/C29H32N4O5S/c1-29(2)37-26(27(38-29)19-5-4-6-20-25(19)33-24(36-3)14-30-20)16-7-9-17(10-8-16)28(35)31-18-11-12-22-21(13-18)32-23(34)15-39-22/h4-6,11-14,16-17,26-27H,7-10,15H2,1-3H3,(H,31,35)(H,32,34)/t16?,17?,26-,27?/m1/s1. The highest BCUT2D eigenvalue weighted by molar-refractivity contribution is 8.00. The summed E-state index contributed by atoms with van der Waals surface area (Å²) in [6.45, 7) is 3.88. The quantitative estimate of drug-likeness (QED) is 0.441. The number of nitrogens with one attached hydrogen (secondary N) is 2. The third kappa shape index (κ3) is 5.33. The van der Waals surface area contributed by atoms with Crippen molar-refractivity contribution >= 4 is 46.0 Å². The molecule has 9 nitrogen and oxygen atoms in total. The van der Waals surface area contributed by atoms with Crippen LogP contribution in [-0.4, -0.2) is 46.5 Å². The Hall–Kier alpha value is -3.21. The number of hydrogen-bond donors (Lipinski definition) is 2. The van der Waals surface area contributed by atoms with E-state index >= 15 is 0 Å². The molecule has 0 spiro atoms. The Kier molecular flexibility index (Phi) is 6.95. The number of hydrogen-bond acceptors (Lipinski definition) is 8. The van der Waals surface area contributed by atoms with Gasteiger partial charge in [-0.3, -0.25) is 9.59 Å². The lowest BCUT2D eigenvalue weighted by atomic mass is 9.77. The van der Waals surface area contributed by atoms with Gasteiger partial charge in [-0.1, -0.05) is 12.1 Å². The molecule has 2 atom stereocenters. The zero-order valence-corrected chi connectivity index (χ0v) is 23.0. The Morgan fingerprint density at radius 3 is 2.77 bits per heavy atom. The van der Waals surface area contributed by atoms with Gasteiger partial charge in [-0.2, -0.15) is 0 Å². The van der Waals surface area contributed by atoms with Gasteiger partial charge in [0.25, 0.3) is 0 Å². The number of ether oxygens (including phenoxy) is 3. The van der Waals surface area contributed by atoms with Crippen LogP contribution in [0.5, 0.6) is 5.88 Å². The first-order chi connectivity index (χ1) is 18.8. The minimum atomic E-state index is -0.738. The lowest BCUT2D eigenvalue weighted by Gasteiger charge is -2.33. The molecule has 204 valence electrons. The van der Waals surface area contributed by atoms with Gasteiger partial charge in [0, 0.05) is 22.1 Å². The number of nitrogens with zero attached hydrogens (tertiary/aromatic N) is 2. The topological polar surface area (TPSA) is 112 Å². The molecule has 2 amide bonds. The van der Waals surface area contributed by atoms with E-state index in [2.05, 4.69) is 20.6 Å². The molecular formula is C29H32N4O5S. The Morgan fingerprint density at radius 1 is 1.15 bits per heavy atom. The smallest absolute Gasteiger partial charge is 0.234 e. The van der Waals surface area contributed by atoms with Gasteiger partial charge in [0.1, 0.15) is 6.10 Å². The van der Waals surface area contributed by atoms with Crippen LogP contribution in [0.3, 0.4) is 0 Å². The number of anilines is 2. The molecule has 3 aromatic rings. The monoisotopic (exact) mass is 548 g/mol. The first-order valence-corrected chi connectivity index (χ1v) is 14.3. The van der Waals surface area contributed by atoms with E-state index in [1.165, 1.54) is 11.8 Å². The number of carbonyl (C=O) groups excluding carboxylic acids is 2. The lowest BCUT2D eigenvalue weighted by molar-refractivity contribution is -0.152. The van der Waals surface area contributed by atoms with Crippen LogP contribution in [0, 0.1) is 11.8 Å². The number of fused-ring (bicyclic) bond motifs is 2. The first kappa shape index (κ1) is 26.0. The number of carbonyl (C=O) groups is 2. The van der Waals surface area contributed by atoms with Gasteiger partial charge in [0.05, 0.1) is 41.9 Å². The number of thioether (sulfide) groups is 1. The predicted molar refractivity (Wildman–Crippen MR) is 149 cm³/mol. The van der Waals surface area contributed by atoms with Crippen molar-refractivity contribution in [2.24, 2.45) is 11.8 Å². The SMILES string of the molecule is COc1cnc2cccc(C3OC(C)(C)O[C@@H]3C3CCC(C(=O)Nc4ccc5c(c4)NC(=O)CS5)CC3)c2n1. The summed E-state index contributed by atoms with van der Waals surface area (Å²) in [7, 11) is 1.58. The third-order valence-electron chi connectivity index (χ3n) is 7.71. The van der Waals surface area contributed by atoms with Crippen LogP contribution in [0.25, 0.3) is 11.0 Å². The van der Waals surface area contributed by atoms with Gasteiger partial charge >= 0.3 is 0 Å². The second kappa shape index (κ2) is 10.4. The fourth-order valence-electron chi connectivity index (χ4n) is 5.86. The van der Waals surface area contributed by atoms with Gasteiger partial charge in [-0.05, 0) is 69.7 Å². The van der Waals surface area contributed by atoms with Gasteiger partial charge in [0.2, 0.25) is 17.7 Å². The molecule has 0 radical (unpaired) electrons. The summed E-state index contributed by atoms with van der Waals surface area (Å²) in [6, 6.07) is 11.6. The van der Waals surface area contributed by atoms with E-state index in [0.29, 0.717) is 17.3 Å².